The Morgan fingerprint density at radius 3 is 2.48 bits per heavy atom. The number of benzene rings is 1. The van der Waals surface area contributed by atoms with E-state index in [1.807, 2.05) is 37.3 Å². The lowest BCUT2D eigenvalue weighted by atomic mass is 10.1. The Bertz CT molecular complexity index is 408. The van der Waals surface area contributed by atoms with Crippen molar-refractivity contribution in [3.8, 4) is 0 Å². The standard InChI is InChI=1S/C17H27NO3/c1-5-18(15(3)12-20-4)11-14(2)17(19)21-13-16-9-7-6-8-10-16/h6-10,14-15H,5,11-13H2,1-4H3. The fourth-order valence-corrected chi connectivity index (χ4v) is 2.26. The Balaban J connectivity index is 2.42. The fourth-order valence-electron chi connectivity index (χ4n) is 2.26. The van der Waals surface area contributed by atoms with E-state index in [9.17, 15) is 4.79 Å². The Labute approximate surface area is 128 Å². The fraction of sp³-hybridized carbons (Fsp3) is 0.588. The molecule has 2 unspecified atom stereocenters. The number of hydrogen-bond acceptors (Lipinski definition) is 4. The molecule has 2 atom stereocenters. The summed E-state index contributed by atoms with van der Waals surface area (Å²) < 4.78 is 10.6. The minimum atomic E-state index is -0.151. The zero-order valence-electron chi connectivity index (χ0n) is 13.5. The van der Waals surface area contributed by atoms with E-state index in [1.165, 1.54) is 0 Å². The van der Waals surface area contributed by atoms with Crippen molar-refractivity contribution in [3.63, 3.8) is 0 Å². The topological polar surface area (TPSA) is 38.8 Å². The Morgan fingerprint density at radius 2 is 1.90 bits per heavy atom. The molecule has 0 aromatic heterocycles. The molecule has 0 N–H and O–H groups in total. The molecule has 0 amide bonds. The lowest BCUT2D eigenvalue weighted by Crippen LogP contribution is -2.40. The van der Waals surface area contributed by atoms with E-state index in [2.05, 4.69) is 18.7 Å². The second-order valence-corrected chi connectivity index (χ2v) is 5.39. The van der Waals surface area contributed by atoms with Crippen LogP contribution >= 0.6 is 0 Å². The molecule has 1 rings (SSSR count). The van der Waals surface area contributed by atoms with Crippen LogP contribution in [0.5, 0.6) is 0 Å². The van der Waals surface area contributed by atoms with Crippen LogP contribution in [0.3, 0.4) is 0 Å². The highest BCUT2D eigenvalue weighted by Crippen LogP contribution is 2.09. The van der Waals surface area contributed by atoms with Crippen LogP contribution in [0, 0.1) is 5.92 Å². The third kappa shape index (κ3) is 6.27. The molecule has 0 fully saturated rings. The van der Waals surface area contributed by atoms with Crippen molar-refractivity contribution in [2.45, 2.75) is 33.4 Å². The number of hydrogen-bond donors (Lipinski definition) is 0. The molecular weight excluding hydrogens is 266 g/mol. The third-order valence-electron chi connectivity index (χ3n) is 3.57. The molecule has 0 saturated carbocycles. The number of carbonyl (C=O) groups is 1. The minimum Gasteiger partial charge on any atom is -0.461 e. The van der Waals surface area contributed by atoms with Crippen molar-refractivity contribution in [3.05, 3.63) is 35.9 Å². The summed E-state index contributed by atoms with van der Waals surface area (Å²) in [5.41, 5.74) is 1.01. The van der Waals surface area contributed by atoms with Gasteiger partial charge in [-0.1, -0.05) is 44.2 Å². The van der Waals surface area contributed by atoms with Gasteiger partial charge in [0.25, 0.3) is 0 Å². The highest BCUT2D eigenvalue weighted by Gasteiger charge is 2.21. The number of ether oxygens (including phenoxy) is 2. The highest BCUT2D eigenvalue weighted by atomic mass is 16.5. The lowest BCUT2D eigenvalue weighted by Gasteiger charge is -2.29. The summed E-state index contributed by atoms with van der Waals surface area (Å²) in [5.74, 6) is -0.296. The van der Waals surface area contributed by atoms with Gasteiger partial charge in [-0.25, -0.2) is 0 Å². The molecule has 0 heterocycles. The van der Waals surface area contributed by atoms with E-state index >= 15 is 0 Å². The van der Waals surface area contributed by atoms with Crippen LogP contribution in [-0.4, -0.2) is 43.7 Å². The van der Waals surface area contributed by atoms with Crippen LogP contribution in [0.25, 0.3) is 0 Å². The maximum absolute atomic E-state index is 12.1. The number of likely N-dealkylation sites (N-methyl/N-ethyl adjacent to an activating group) is 1. The van der Waals surface area contributed by atoms with Gasteiger partial charge >= 0.3 is 5.97 Å². The molecular formula is C17H27NO3. The zero-order chi connectivity index (χ0) is 15.7. The van der Waals surface area contributed by atoms with Gasteiger partial charge in [0.1, 0.15) is 6.61 Å². The zero-order valence-corrected chi connectivity index (χ0v) is 13.5. The van der Waals surface area contributed by atoms with Gasteiger partial charge in [0.15, 0.2) is 0 Å². The van der Waals surface area contributed by atoms with Crippen molar-refractivity contribution >= 4 is 5.97 Å². The van der Waals surface area contributed by atoms with Crippen molar-refractivity contribution in [1.82, 2.24) is 4.90 Å². The van der Waals surface area contributed by atoms with Crippen LogP contribution in [0.2, 0.25) is 0 Å². The summed E-state index contributed by atoms with van der Waals surface area (Å²) in [4.78, 5) is 14.3. The summed E-state index contributed by atoms with van der Waals surface area (Å²) >= 11 is 0. The molecule has 0 saturated heterocycles. The number of carbonyl (C=O) groups excluding carboxylic acids is 1. The van der Waals surface area contributed by atoms with Crippen LogP contribution < -0.4 is 0 Å². The second-order valence-electron chi connectivity index (χ2n) is 5.39. The van der Waals surface area contributed by atoms with Crippen LogP contribution in [0.1, 0.15) is 26.3 Å². The van der Waals surface area contributed by atoms with Gasteiger partial charge in [0.05, 0.1) is 12.5 Å². The monoisotopic (exact) mass is 293 g/mol. The molecule has 0 aliphatic carbocycles. The number of esters is 1. The maximum atomic E-state index is 12.1. The molecule has 4 nitrogen and oxygen atoms in total. The number of rotatable bonds is 9. The number of methoxy groups -OCH3 is 1. The highest BCUT2D eigenvalue weighted by molar-refractivity contribution is 5.72. The minimum absolute atomic E-state index is 0.145. The molecule has 0 bridgehead atoms. The summed E-state index contributed by atoms with van der Waals surface area (Å²) in [6.07, 6.45) is 0. The first-order chi connectivity index (χ1) is 10.1. The lowest BCUT2D eigenvalue weighted by molar-refractivity contribution is -0.150. The molecule has 118 valence electrons. The molecule has 21 heavy (non-hydrogen) atoms. The van der Waals surface area contributed by atoms with E-state index in [0.717, 1.165) is 12.1 Å². The van der Waals surface area contributed by atoms with Gasteiger partial charge in [-0.3, -0.25) is 9.69 Å². The summed E-state index contributed by atoms with van der Waals surface area (Å²) in [7, 11) is 1.70. The number of nitrogens with zero attached hydrogens (tertiary/aromatic N) is 1. The van der Waals surface area contributed by atoms with Crippen molar-refractivity contribution in [1.29, 1.82) is 0 Å². The first-order valence-corrected chi connectivity index (χ1v) is 7.52. The molecule has 0 aliphatic heterocycles. The Kier molecular flexibility index (Phi) is 8.01. The van der Waals surface area contributed by atoms with E-state index < -0.39 is 0 Å². The first kappa shape index (κ1) is 17.7. The molecule has 4 heteroatoms. The Hall–Kier alpha value is -1.39. The molecule has 0 spiro atoms. The smallest absolute Gasteiger partial charge is 0.310 e. The van der Waals surface area contributed by atoms with Crippen molar-refractivity contribution in [2.75, 3.05) is 26.8 Å². The van der Waals surface area contributed by atoms with E-state index in [4.69, 9.17) is 9.47 Å². The van der Waals surface area contributed by atoms with Crippen LogP contribution in [0.4, 0.5) is 0 Å². The molecule has 0 aliphatic rings. The van der Waals surface area contributed by atoms with E-state index in [1.54, 1.807) is 7.11 Å². The average Bonchev–Trinajstić information content (AvgIpc) is 2.51. The first-order valence-electron chi connectivity index (χ1n) is 7.52. The van der Waals surface area contributed by atoms with Gasteiger partial charge < -0.3 is 9.47 Å². The largest absolute Gasteiger partial charge is 0.461 e. The second kappa shape index (κ2) is 9.53. The quantitative estimate of drug-likeness (QED) is 0.656. The summed E-state index contributed by atoms with van der Waals surface area (Å²) in [5, 5.41) is 0. The molecule has 1 aromatic rings. The van der Waals surface area contributed by atoms with E-state index in [0.29, 0.717) is 25.8 Å². The molecule has 0 radical (unpaired) electrons. The normalized spacial score (nSPS) is 14.0. The Morgan fingerprint density at radius 1 is 1.24 bits per heavy atom. The van der Waals surface area contributed by atoms with Crippen LogP contribution in [0.15, 0.2) is 30.3 Å². The molecule has 1 aromatic carbocycles. The van der Waals surface area contributed by atoms with E-state index in [-0.39, 0.29) is 11.9 Å². The van der Waals surface area contributed by atoms with Crippen LogP contribution in [-0.2, 0) is 20.9 Å². The summed E-state index contributed by atoms with van der Waals surface area (Å²) in [6, 6.07) is 10.0. The summed E-state index contributed by atoms with van der Waals surface area (Å²) in [6.45, 7) is 8.69. The maximum Gasteiger partial charge on any atom is 0.310 e. The van der Waals surface area contributed by atoms with Gasteiger partial charge in [-0.15, -0.1) is 0 Å². The third-order valence-corrected chi connectivity index (χ3v) is 3.57. The average molecular weight is 293 g/mol. The SMILES string of the molecule is CCN(CC(C)C(=O)OCc1ccccc1)C(C)COC. The van der Waals surface area contributed by atoms with Crippen molar-refractivity contribution < 1.29 is 14.3 Å². The van der Waals surface area contributed by atoms with Gasteiger partial charge in [0, 0.05) is 19.7 Å². The van der Waals surface area contributed by atoms with Gasteiger partial charge in [-0.2, -0.15) is 0 Å². The predicted octanol–water partition coefficient (Wildman–Crippen LogP) is 2.72. The predicted molar refractivity (Wildman–Crippen MR) is 84.0 cm³/mol. The van der Waals surface area contributed by atoms with Crippen molar-refractivity contribution in [2.24, 2.45) is 5.92 Å². The van der Waals surface area contributed by atoms with Gasteiger partial charge in [0.2, 0.25) is 0 Å². The van der Waals surface area contributed by atoms with Gasteiger partial charge in [-0.05, 0) is 19.0 Å².